The van der Waals surface area contributed by atoms with Crippen molar-refractivity contribution in [2.45, 2.75) is 52.9 Å². The van der Waals surface area contributed by atoms with Crippen molar-refractivity contribution in [3.8, 4) is 0 Å². The van der Waals surface area contributed by atoms with E-state index in [0.717, 1.165) is 12.8 Å². The van der Waals surface area contributed by atoms with E-state index >= 15 is 0 Å². The molecular weight excluding hydrogens is 342 g/mol. The highest BCUT2D eigenvalue weighted by Gasteiger charge is 2.20. The van der Waals surface area contributed by atoms with Gasteiger partial charge < -0.3 is 14.7 Å². The van der Waals surface area contributed by atoms with Crippen LogP contribution in [0.3, 0.4) is 0 Å². The second kappa shape index (κ2) is 8.84. The lowest BCUT2D eigenvalue weighted by Gasteiger charge is -2.23. The number of nitrogens with zero attached hydrogens (tertiary/aromatic N) is 2. The molecule has 0 atom stereocenters. The zero-order chi connectivity index (χ0) is 20.0. The van der Waals surface area contributed by atoms with E-state index in [-0.39, 0.29) is 23.8 Å². The van der Waals surface area contributed by atoms with Crippen molar-refractivity contribution in [2.24, 2.45) is 0 Å². The zero-order valence-corrected chi connectivity index (χ0v) is 16.8. The van der Waals surface area contributed by atoms with Gasteiger partial charge in [-0.25, -0.2) is 0 Å². The van der Waals surface area contributed by atoms with Gasteiger partial charge >= 0.3 is 0 Å². The van der Waals surface area contributed by atoms with Gasteiger partial charge in [0.25, 0.3) is 5.91 Å². The third-order valence-electron chi connectivity index (χ3n) is 4.30. The fourth-order valence-electron chi connectivity index (χ4n) is 2.68. The van der Waals surface area contributed by atoms with Gasteiger partial charge in [-0.05, 0) is 36.5 Å². The number of carbonyl (C=O) groups is 2. The van der Waals surface area contributed by atoms with Crippen LogP contribution in [0.1, 0.15) is 62.2 Å². The molecule has 0 aliphatic heterocycles. The molecule has 1 N–H and O–H groups in total. The number of amides is 2. The lowest BCUT2D eigenvalue weighted by atomic mass is 9.86. The van der Waals surface area contributed by atoms with Gasteiger partial charge in [0.05, 0.1) is 0 Å². The van der Waals surface area contributed by atoms with Crippen molar-refractivity contribution < 1.29 is 14.1 Å². The minimum Gasteiger partial charge on any atom is -0.360 e. The lowest BCUT2D eigenvalue weighted by Crippen LogP contribution is -2.38. The van der Waals surface area contributed by atoms with E-state index in [4.69, 9.17) is 4.52 Å². The van der Waals surface area contributed by atoms with E-state index in [1.165, 1.54) is 5.56 Å². The highest BCUT2D eigenvalue weighted by atomic mass is 16.5. The number of hydrogen-bond acceptors (Lipinski definition) is 4. The lowest BCUT2D eigenvalue weighted by molar-refractivity contribution is -0.117. The van der Waals surface area contributed by atoms with E-state index in [1.54, 1.807) is 17.9 Å². The number of unbranched alkanes of at least 4 members (excludes halogenated alkanes) is 1. The molecule has 0 aliphatic carbocycles. The second-order valence-corrected chi connectivity index (χ2v) is 7.78. The van der Waals surface area contributed by atoms with Crippen molar-refractivity contribution in [3.63, 3.8) is 0 Å². The number of benzene rings is 1. The molecule has 0 saturated heterocycles. The second-order valence-electron chi connectivity index (χ2n) is 7.78. The first-order chi connectivity index (χ1) is 12.7. The van der Waals surface area contributed by atoms with E-state index in [2.05, 4.69) is 38.2 Å². The predicted octanol–water partition coefficient (Wildman–Crippen LogP) is 4.16. The summed E-state index contributed by atoms with van der Waals surface area (Å²) in [6.45, 7) is 10.7. The van der Waals surface area contributed by atoms with Gasteiger partial charge in [0.1, 0.15) is 12.3 Å². The molecule has 6 nitrogen and oxygen atoms in total. The van der Waals surface area contributed by atoms with Gasteiger partial charge in [-0.1, -0.05) is 51.4 Å². The topological polar surface area (TPSA) is 75.4 Å². The molecule has 0 spiro atoms. The van der Waals surface area contributed by atoms with Crippen LogP contribution in [0.4, 0.5) is 5.82 Å². The van der Waals surface area contributed by atoms with Gasteiger partial charge in [0, 0.05) is 18.2 Å². The summed E-state index contributed by atoms with van der Waals surface area (Å²) >= 11 is 0. The van der Waals surface area contributed by atoms with Crippen LogP contribution in [-0.2, 0) is 10.2 Å². The number of aryl methyl sites for hydroxylation is 1. The van der Waals surface area contributed by atoms with Gasteiger partial charge in [-0.15, -0.1) is 0 Å². The van der Waals surface area contributed by atoms with Crippen LogP contribution >= 0.6 is 0 Å². The summed E-state index contributed by atoms with van der Waals surface area (Å²) in [4.78, 5) is 26.8. The fraction of sp³-hybridized carbons (Fsp3) is 0.476. The monoisotopic (exact) mass is 371 g/mol. The number of hydrogen-bond donors (Lipinski definition) is 1. The average Bonchev–Trinajstić information content (AvgIpc) is 3.02. The first-order valence-corrected chi connectivity index (χ1v) is 9.33. The zero-order valence-electron chi connectivity index (χ0n) is 16.8. The van der Waals surface area contributed by atoms with Crippen molar-refractivity contribution in [1.29, 1.82) is 0 Å². The van der Waals surface area contributed by atoms with Crippen LogP contribution in [0.25, 0.3) is 0 Å². The third-order valence-corrected chi connectivity index (χ3v) is 4.30. The van der Waals surface area contributed by atoms with Crippen LogP contribution in [-0.4, -0.2) is 35.0 Å². The van der Waals surface area contributed by atoms with Gasteiger partial charge in [0.15, 0.2) is 5.82 Å². The van der Waals surface area contributed by atoms with Crippen LogP contribution in [0, 0.1) is 6.92 Å². The standard InChI is InChI=1S/C21H29N3O3/c1-6-7-12-24(14-19(25)22-18-13-15(2)27-23-18)20(26)16-8-10-17(11-9-16)21(3,4)5/h8-11,13H,6-7,12,14H2,1-5H3,(H,22,23,25). The van der Waals surface area contributed by atoms with Crippen LogP contribution in [0.5, 0.6) is 0 Å². The molecule has 1 heterocycles. The molecule has 27 heavy (non-hydrogen) atoms. The van der Waals surface area contributed by atoms with Crippen molar-refractivity contribution in [2.75, 3.05) is 18.4 Å². The maximum absolute atomic E-state index is 12.9. The van der Waals surface area contributed by atoms with Gasteiger partial charge in [0.2, 0.25) is 5.91 Å². The Morgan fingerprint density at radius 1 is 1.19 bits per heavy atom. The molecule has 0 radical (unpaired) electrons. The number of rotatable bonds is 7. The van der Waals surface area contributed by atoms with E-state index in [0.29, 0.717) is 23.7 Å². The summed E-state index contributed by atoms with van der Waals surface area (Å²) in [5, 5.41) is 6.42. The number of aromatic nitrogens is 1. The normalized spacial score (nSPS) is 11.3. The average molecular weight is 371 g/mol. The first kappa shape index (κ1) is 20.7. The van der Waals surface area contributed by atoms with Gasteiger partial charge in [-0.2, -0.15) is 0 Å². The number of anilines is 1. The molecule has 2 aromatic rings. The van der Waals surface area contributed by atoms with Crippen LogP contribution in [0.15, 0.2) is 34.9 Å². The molecule has 1 aromatic heterocycles. The van der Waals surface area contributed by atoms with Crippen molar-refractivity contribution in [3.05, 3.63) is 47.2 Å². The molecule has 0 fully saturated rings. The van der Waals surface area contributed by atoms with Crippen molar-refractivity contribution in [1.82, 2.24) is 10.1 Å². The largest absolute Gasteiger partial charge is 0.360 e. The quantitative estimate of drug-likeness (QED) is 0.793. The molecule has 0 aliphatic rings. The van der Waals surface area contributed by atoms with E-state index in [1.807, 2.05) is 24.3 Å². The number of carbonyl (C=O) groups excluding carboxylic acids is 2. The van der Waals surface area contributed by atoms with Crippen molar-refractivity contribution >= 4 is 17.6 Å². The maximum Gasteiger partial charge on any atom is 0.254 e. The highest BCUT2D eigenvalue weighted by molar-refractivity contribution is 5.99. The first-order valence-electron chi connectivity index (χ1n) is 9.33. The molecule has 0 unspecified atom stereocenters. The Morgan fingerprint density at radius 2 is 1.85 bits per heavy atom. The summed E-state index contributed by atoms with van der Waals surface area (Å²) in [5.74, 6) is 0.535. The minimum absolute atomic E-state index is 0.0221. The summed E-state index contributed by atoms with van der Waals surface area (Å²) < 4.78 is 4.95. The Kier molecular flexibility index (Phi) is 6.77. The predicted molar refractivity (Wildman–Crippen MR) is 106 cm³/mol. The SMILES string of the molecule is CCCCN(CC(=O)Nc1cc(C)on1)C(=O)c1ccc(C(C)(C)C)cc1. The summed E-state index contributed by atoms with van der Waals surface area (Å²) in [7, 11) is 0. The Labute approximate surface area is 160 Å². The molecule has 0 saturated carbocycles. The summed E-state index contributed by atoms with van der Waals surface area (Å²) in [5.41, 5.74) is 1.78. The Hall–Kier alpha value is -2.63. The molecule has 0 bridgehead atoms. The molecule has 2 rings (SSSR count). The Balaban J connectivity index is 2.09. The molecule has 6 heteroatoms. The van der Waals surface area contributed by atoms with E-state index in [9.17, 15) is 9.59 Å². The molecule has 1 aromatic carbocycles. The maximum atomic E-state index is 12.9. The van der Waals surface area contributed by atoms with Gasteiger partial charge in [-0.3, -0.25) is 9.59 Å². The summed E-state index contributed by atoms with van der Waals surface area (Å²) in [6.07, 6.45) is 1.78. The third kappa shape index (κ3) is 5.94. The minimum atomic E-state index is -0.293. The molecular formula is C21H29N3O3. The van der Waals surface area contributed by atoms with Crippen LogP contribution in [0.2, 0.25) is 0 Å². The van der Waals surface area contributed by atoms with Crippen LogP contribution < -0.4 is 5.32 Å². The molecule has 2 amide bonds. The Morgan fingerprint density at radius 3 is 2.37 bits per heavy atom. The Bertz CT molecular complexity index is 773. The summed E-state index contributed by atoms with van der Waals surface area (Å²) in [6, 6.07) is 9.26. The fourth-order valence-corrected chi connectivity index (χ4v) is 2.68. The number of nitrogens with one attached hydrogen (secondary N) is 1. The van der Waals surface area contributed by atoms with E-state index < -0.39 is 0 Å². The molecule has 146 valence electrons. The highest BCUT2D eigenvalue weighted by Crippen LogP contribution is 2.22. The smallest absolute Gasteiger partial charge is 0.254 e.